The van der Waals surface area contributed by atoms with Gasteiger partial charge >= 0.3 is 0 Å². The van der Waals surface area contributed by atoms with Crippen molar-refractivity contribution in [2.45, 2.75) is 12.8 Å². The van der Waals surface area contributed by atoms with Crippen LogP contribution in [0.25, 0.3) is 0 Å². The highest BCUT2D eigenvalue weighted by atomic mass is 35.5. The van der Waals surface area contributed by atoms with E-state index in [2.05, 4.69) is 10.6 Å². The van der Waals surface area contributed by atoms with Crippen molar-refractivity contribution in [1.29, 1.82) is 0 Å². The first kappa shape index (κ1) is 18.3. The van der Waals surface area contributed by atoms with Crippen LogP contribution in [0.1, 0.15) is 23.2 Å². The number of carbonyl (C=O) groups is 2. The molecule has 0 bridgehead atoms. The number of likely N-dealkylation sites (tertiary alicyclic amines) is 1. The van der Waals surface area contributed by atoms with Crippen molar-refractivity contribution in [3.05, 3.63) is 23.8 Å². The number of hydrogen-bond donors (Lipinski definition) is 2. The third-order valence-electron chi connectivity index (χ3n) is 3.45. The highest BCUT2D eigenvalue weighted by Crippen LogP contribution is 2.26. The first-order valence-corrected chi connectivity index (χ1v) is 7.07. The molecule has 2 rings (SSSR count). The second-order valence-corrected chi connectivity index (χ2v) is 4.99. The molecule has 2 amide bonds. The Morgan fingerprint density at radius 3 is 2.55 bits per heavy atom. The molecule has 6 nitrogen and oxygen atoms in total. The molecule has 1 saturated heterocycles. The minimum atomic E-state index is -0.179. The SMILES string of the molecule is CNCC(=O)Nc1cc(C(=O)N2CCCC2)ccc1OC.Cl. The number of likely N-dealkylation sites (N-methyl/N-ethyl adjacent to an activating group) is 1. The molecule has 0 atom stereocenters. The van der Waals surface area contributed by atoms with Gasteiger partial charge in [0.15, 0.2) is 0 Å². The van der Waals surface area contributed by atoms with Crippen LogP contribution in [-0.4, -0.2) is 50.5 Å². The number of anilines is 1. The fourth-order valence-corrected chi connectivity index (χ4v) is 2.40. The number of carbonyl (C=O) groups excluding carboxylic acids is 2. The lowest BCUT2D eigenvalue weighted by atomic mass is 10.1. The molecule has 0 aromatic heterocycles. The van der Waals surface area contributed by atoms with E-state index in [9.17, 15) is 9.59 Å². The molecule has 1 fully saturated rings. The van der Waals surface area contributed by atoms with Crippen LogP contribution in [0.15, 0.2) is 18.2 Å². The van der Waals surface area contributed by atoms with Crippen LogP contribution < -0.4 is 15.4 Å². The minimum absolute atomic E-state index is 0. The third kappa shape index (κ3) is 4.35. The van der Waals surface area contributed by atoms with E-state index < -0.39 is 0 Å². The topological polar surface area (TPSA) is 70.7 Å². The lowest BCUT2D eigenvalue weighted by Gasteiger charge is -2.17. The third-order valence-corrected chi connectivity index (χ3v) is 3.45. The smallest absolute Gasteiger partial charge is 0.253 e. The van der Waals surface area contributed by atoms with Gasteiger partial charge in [-0.15, -0.1) is 12.4 Å². The summed E-state index contributed by atoms with van der Waals surface area (Å²) in [6.45, 7) is 1.80. The van der Waals surface area contributed by atoms with Gasteiger partial charge in [0.2, 0.25) is 5.91 Å². The average molecular weight is 328 g/mol. The fourth-order valence-electron chi connectivity index (χ4n) is 2.40. The minimum Gasteiger partial charge on any atom is -0.495 e. The molecular weight excluding hydrogens is 306 g/mol. The molecule has 0 spiro atoms. The maximum absolute atomic E-state index is 12.4. The lowest BCUT2D eigenvalue weighted by Crippen LogP contribution is -2.28. The van der Waals surface area contributed by atoms with Crippen LogP contribution in [0.3, 0.4) is 0 Å². The monoisotopic (exact) mass is 327 g/mol. The first-order valence-electron chi connectivity index (χ1n) is 7.07. The van der Waals surface area contributed by atoms with Crippen LogP contribution in [0.2, 0.25) is 0 Å². The predicted octanol–water partition coefficient (Wildman–Crippen LogP) is 1.51. The fraction of sp³-hybridized carbons (Fsp3) is 0.467. The number of nitrogens with one attached hydrogen (secondary N) is 2. The van der Waals surface area contributed by atoms with Crippen LogP contribution in [0, 0.1) is 0 Å². The number of hydrogen-bond acceptors (Lipinski definition) is 4. The molecule has 0 unspecified atom stereocenters. The van der Waals surface area contributed by atoms with E-state index in [1.165, 1.54) is 7.11 Å². The van der Waals surface area contributed by atoms with Gasteiger partial charge in [-0.05, 0) is 38.1 Å². The Morgan fingerprint density at radius 2 is 1.95 bits per heavy atom. The summed E-state index contributed by atoms with van der Waals surface area (Å²) < 4.78 is 5.22. The molecule has 1 aliphatic rings. The predicted molar refractivity (Wildman–Crippen MR) is 87.9 cm³/mol. The molecule has 0 radical (unpaired) electrons. The molecule has 7 heteroatoms. The van der Waals surface area contributed by atoms with Gasteiger partial charge in [0, 0.05) is 18.7 Å². The molecule has 122 valence electrons. The van der Waals surface area contributed by atoms with Crippen molar-refractivity contribution < 1.29 is 14.3 Å². The van der Waals surface area contributed by atoms with Crippen molar-refractivity contribution in [1.82, 2.24) is 10.2 Å². The van der Waals surface area contributed by atoms with E-state index in [0.717, 1.165) is 25.9 Å². The number of methoxy groups -OCH3 is 1. The van der Waals surface area contributed by atoms with E-state index in [-0.39, 0.29) is 30.8 Å². The maximum atomic E-state index is 12.4. The van der Waals surface area contributed by atoms with Crippen molar-refractivity contribution in [3.8, 4) is 5.75 Å². The van der Waals surface area contributed by atoms with E-state index in [1.807, 2.05) is 4.90 Å². The zero-order valence-corrected chi connectivity index (χ0v) is 13.7. The van der Waals surface area contributed by atoms with Crippen molar-refractivity contribution in [2.75, 3.05) is 39.1 Å². The van der Waals surface area contributed by atoms with Gasteiger partial charge in [-0.1, -0.05) is 0 Å². The number of nitrogens with zero attached hydrogens (tertiary/aromatic N) is 1. The summed E-state index contributed by atoms with van der Waals surface area (Å²) >= 11 is 0. The molecular formula is C15H22ClN3O3. The number of halogens is 1. The molecule has 1 heterocycles. The summed E-state index contributed by atoms with van der Waals surface area (Å²) in [6.07, 6.45) is 2.10. The standard InChI is InChI=1S/C15H21N3O3.ClH/c1-16-10-14(19)17-12-9-11(5-6-13(12)21-2)15(20)18-7-3-4-8-18;/h5-6,9,16H,3-4,7-8,10H2,1-2H3,(H,17,19);1H. The number of ether oxygens (including phenoxy) is 1. The van der Waals surface area contributed by atoms with Crippen LogP contribution in [0.4, 0.5) is 5.69 Å². The van der Waals surface area contributed by atoms with Crippen molar-refractivity contribution in [2.24, 2.45) is 0 Å². The van der Waals surface area contributed by atoms with Gasteiger partial charge in [0.25, 0.3) is 5.91 Å². The summed E-state index contributed by atoms with van der Waals surface area (Å²) in [7, 11) is 3.23. The zero-order valence-electron chi connectivity index (χ0n) is 12.8. The van der Waals surface area contributed by atoms with Crippen molar-refractivity contribution >= 4 is 29.9 Å². The second-order valence-electron chi connectivity index (χ2n) is 4.99. The zero-order chi connectivity index (χ0) is 15.2. The van der Waals surface area contributed by atoms with Crippen LogP contribution in [-0.2, 0) is 4.79 Å². The van der Waals surface area contributed by atoms with E-state index in [4.69, 9.17) is 4.74 Å². The molecule has 2 N–H and O–H groups in total. The van der Waals surface area contributed by atoms with Gasteiger partial charge < -0.3 is 20.3 Å². The summed E-state index contributed by atoms with van der Waals surface area (Å²) in [4.78, 5) is 25.9. The van der Waals surface area contributed by atoms with Crippen LogP contribution >= 0.6 is 12.4 Å². The van der Waals surface area contributed by atoms with E-state index in [0.29, 0.717) is 17.0 Å². The number of benzene rings is 1. The van der Waals surface area contributed by atoms with Crippen molar-refractivity contribution in [3.63, 3.8) is 0 Å². The maximum Gasteiger partial charge on any atom is 0.253 e. The normalized spacial score (nSPS) is 13.5. The Kier molecular flexibility index (Phi) is 7.14. The highest BCUT2D eigenvalue weighted by molar-refractivity contribution is 5.99. The van der Waals surface area contributed by atoms with Gasteiger partial charge in [-0.25, -0.2) is 0 Å². The summed E-state index contributed by atoms with van der Waals surface area (Å²) in [5.41, 5.74) is 1.08. The second kappa shape index (κ2) is 8.60. The Labute approximate surface area is 136 Å². The molecule has 1 aromatic rings. The van der Waals surface area contributed by atoms with E-state index >= 15 is 0 Å². The first-order chi connectivity index (χ1) is 10.2. The number of amides is 2. The van der Waals surface area contributed by atoms with Gasteiger partial charge in [0.1, 0.15) is 5.75 Å². The quantitative estimate of drug-likeness (QED) is 0.860. The summed E-state index contributed by atoms with van der Waals surface area (Å²) in [6, 6.07) is 5.11. The van der Waals surface area contributed by atoms with Gasteiger partial charge in [-0.3, -0.25) is 9.59 Å². The summed E-state index contributed by atoms with van der Waals surface area (Å²) in [5.74, 6) is 0.360. The lowest BCUT2D eigenvalue weighted by molar-refractivity contribution is -0.115. The van der Waals surface area contributed by atoms with Gasteiger partial charge in [0.05, 0.1) is 19.3 Å². The Balaban J connectivity index is 0.00000242. The van der Waals surface area contributed by atoms with E-state index in [1.54, 1.807) is 25.2 Å². The molecule has 22 heavy (non-hydrogen) atoms. The molecule has 1 aliphatic heterocycles. The summed E-state index contributed by atoms with van der Waals surface area (Å²) in [5, 5.41) is 5.53. The van der Waals surface area contributed by atoms with Crippen LogP contribution in [0.5, 0.6) is 5.75 Å². The largest absolute Gasteiger partial charge is 0.495 e. The average Bonchev–Trinajstić information content (AvgIpc) is 3.01. The Bertz CT molecular complexity index is 531. The number of rotatable bonds is 5. The Hall–Kier alpha value is -1.79. The highest BCUT2D eigenvalue weighted by Gasteiger charge is 2.20. The Morgan fingerprint density at radius 1 is 1.27 bits per heavy atom. The molecule has 0 saturated carbocycles. The van der Waals surface area contributed by atoms with Gasteiger partial charge in [-0.2, -0.15) is 0 Å². The molecule has 1 aromatic carbocycles. The molecule has 0 aliphatic carbocycles.